The molecule has 7 nitrogen and oxygen atoms in total. The average Bonchev–Trinajstić information content (AvgIpc) is 2.71. The summed E-state index contributed by atoms with van der Waals surface area (Å²) in [6.45, 7) is 7.62. The molecule has 3 saturated heterocycles. The first-order valence-electron chi connectivity index (χ1n) is 9.78. The molecule has 0 aromatic heterocycles. The number of aliphatic imine (C=N–C) groups is 1. The number of fused-ring (bicyclic) bond motifs is 3. The number of carbonyl (C=O) groups is 1. The Morgan fingerprint density at radius 3 is 2.57 bits per heavy atom. The Morgan fingerprint density at radius 1 is 1.21 bits per heavy atom. The third-order valence-electron chi connectivity index (χ3n) is 5.41. The van der Waals surface area contributed by atoms with Gasteiger partial charge in [-0.25, -0.2) is 0 Å². The molecule has 4 rings (SSSR count). The Morgan fingerprint density at radius 2 is 1.96 bits per heavy atom. The lowest BCUT2D eigenvalue weighted by Crippen LogP contribution is -2.63. The number of carbonyl (C=O) groups excluding carboxylic acids is 1. The van der Waals surface area contributed by atoms with Crippen molar-refractivity contribution in [3.05, 3.63) is 35.4 Å². The SMILES string of the molecule is CN=C(NCCc1cccc(C(=O)N(C)C)c1)NCC1CN2CCN1CC2.I. The normalized spacial score (nSPS) is 23.7. The predicted octanol–water partition coefficient (Wildman–Crippen LogP) is 0.714. The molecule has 2 bridgehead atoms. The number of rotatable bonds is 6. The first-order valence-corrected chi connectivity index (χ1v) is 9.78. The first-order chi connectivity index (χ1) is 13.1. The quantitative estimate of drug-likeness (QED) is 0.343. The van der Waals surface area contributed by atoms with Gasteiger partial charge in [0.15, 0.2) is 5.96 Å². The standard InChI is InChI=1S/C20H32N6O.HI/c1-21-20(23-14-18-15-25-9-11-26(18)12-10-25)22-8-7-16-5-4-6-17(13-16)19(27)24(2)3;/h4-6,13,18H,7-12,14-15H2,1-3H3,(H2,21,22,23);1H. The Hall–Kier alpha value is -1.39. The van der Waals surface area contributed by atoms with Gasteiger partial charge in [0, 0.05) is 78.6 Å². The van der Waals surface area contributed by atoms with E-state index in [4.69, 9.17) is 0 Å². The van der Waals surface area contributed by atoms with E-state index in [-0.39, 0.29) is 29.9 Å². The maximum Gasteiger partial charge on any atom is 0.253 e. The van der Waals surface area contributed by atoms with E-state index in [1.54, 1.807) is 19.0 Å². The number of hydrogen-bond acceptors (Lipinski definition) is 4. The average molecular weight is 500 g/mol. The molecule has 1 unspecified atom stereocenters. The Kier molecular flexibility index (Phi) is 8.97. The Labute approximate surface area is 185 Å². The fourth-order valence-corrected chi connectivity index (χ4v) is 3.80. The summed E-state index contributed by atoms with van der Waals surface area (Å²) in [6.07, 6.45) is 0.846. The summed E-state index contributed by atoms with van der Waals surface area (Å²) in [7, 11) is 5.36. The number of guanidine groups is 1. The topological polar surface area (TPSA) is 63.2 Å². The fourth-order valence-electron chi connectivity index (χ4n) is 3.80. The van der Waals surface area contributed by atoms with E-state index in [0.29, 0.717) is 6.04 Å². The highest BCUT2D eigenvalue weighted by atomic mass is 127. The molecule has 0 saturated carbocycles. The maximum absolute atomic E-state index is 12.1. The highest BCUT2D eigenvalue weighted by Crippen LogP contribution is 2.14. The molecule has 0 spiro atoms. The van der Waals surface area contributed by atoms with E-state index in [1.807, 2.05) is 25.2 Å². The van der Waals surface area contributed by atoms with Gasteiger partial charge in [0.1, 0.15) is 0 Å². The monoisotopic (exact) mass is 500 g/mol. The lowest BCUT2D eigenvalue weighted by molar-refractivity contribution is 0.0154. The van der Waals surface area contributed by atoms with Crippen molar-refractivity contribution >= 4 is 35.8 Å². The number of halogens is 1. The van der Waals surface area contributed by atoms with Crippen molar-refractivity contribution in [3.63, 3.8) is 0 Å². The van der Waals surface area contributed by atoms with Crippen LogP contribution < -0.4 is 10.6 Å². The van der Waals surface area contributed by atoms with Gasteiger partial charge in [-0.15, -0.1) is 24.0 Å². The number of nitrogens with zero attached hydrogens (tertiary/aromatic N) is 4. The van der Waals surface area contributed by atoms with Crippen molar-refractivity contribution < 1.29 is 4.79 Å². The molecule has 1 aromatic rings. The van der Waals surface area contributed by atoms with Crippen LogP contribution in [0.25, 0.3) is 0 Å². The van der Waals surface area contributed by atoms with Crippen molar-refractivity contribution in [2.24, 2.45) is 4.99 Å². The molecule has 3 aliphatic heterocycles. The molecule has 156 valence electrons. The number of amides is 1. The van der Waals surface area contributed by atoms with Crippen LogP contribution >= 0.6 is 24.0 Å². The van der Waals surface area contributed by atoms with Gasteiger partial charge in [-0.3, -0.25) is 19.6 Å². The zero-order chi connectivity index (χ0) is 19.2. The minimum Gasteiger partial charge on any atom is -0.356 e. The van der Waals surface area contributed by atoms with Crippen molar-refractivity contribution in [1.29, 1.82) is 0 Å². The summed E-state index contributed by atoms with van der Waals surface area (Å²) in [5, 5.41) is 6.85. The minimum absolute atomic E-state index is 0. The zero-order valence-electron chi connectivity index (χ0n) is 17.1. The summed E-state index contributed by atoms with van der Waals surface area (Å²) >= 11 is 0. The third kappa shape index (κ3) is 6.05. The molecule has 1 amide bonds. The smallest absolute Gasteiger partial charge is 0.253 e. The fraction of sp³-hybridized carbons (Fsp3) is 0.600. The van der Waals surface area contributed by atoms with Crippen LogP contribution in [0.4, 0.5) is 0 Å². The molecule has 0 radical (unpaired) electrons. The largest absolute Gasteiger partial charge is 0.356 e. The second-order valence-corrected chi connectivity index (χ2v) is 7.52. The van der Waals surface area contributed by atoms with Crippen molar-refractivity contribution in [3.8, 4) is 0 Å². The van der Waals surface area contributed by atoms with Gasteiger partial charge < -0.3 is 15.5 Å². The van der Waals surface area contributed by atoms with Gasteiger partial charge in [-0.2, -0.15) is 0 Å². The second kappa shape index (κ2) is 11.0. The van der Waals surface area contributed by atoms with E-state index in [1.165, 1.54) is 26.2 Å². The van der Waals surface area contributed by atoms with Gasteiger partial charge in [-0.05, 0) is 24.1 Å². The van der Waals surface area contributed by atoms with Gasteiger partial charge in [0.2, 0.25) is 0 Å². The summed E-state index contributed by atoms with van der Waals surface area (Å²) in [6, 6.07) is 8.41. The second-order valence-electron chi connectivity index (χ2n) is 7.52. The Bertz CT molecular complexity index is 672. The van der Waals surface area contributed by atoms with Crippen molar-refractivity contribution in [2.75, 3.05) is 67.0 Å². The molecule has 1 atom stereocenters. The number of piperazine rings is 3. The van der Waals surface area contributed by atoms with Crippen LogP contribution in [0.15, 0.2) is 29.3 Å². The third-order valence-corrected chi connectivity index (χ3v) is 5.41. The number of nitrogens with one attached hydrogen (secondary N) is 2. The van der Waals surface area contributed by atoms with E-state index in [0.717, 1.165) is 43.1 Å². The van der Waals surface area contributed by atoms with E-state index < -0.39 is 0 Å². The summed E-state index contributed by atoms with van der Waals surface area (Å²) in [5.74, 6) is 0.878. The highest BCUT2D eigenvalue weighted by molar-refractivity contribution is 14.0. The molecule has 8 heteroatoms. The number of hydrogen-bond donors (Lipinski definition) is 2. The van der Waals surface area contributed by atoms with Crippen LogP contribution in [0.5, 0.6) is 0 Å². The lowest BCUT2D eigenvalue weighted by atomic mass is 10.1. The maximum atomic E-state index is 12.1. The molecule has 28 heavy (non-hydrogen) atoms. The Balaban J connectivity index is 0.00000280. The van der Waals surface area contributed by atoms with Crippen molar-refractivity contribution in [2.45, 2.75) is 12.5 Å². The molecule has 2 N–H and O–H groups in total. The van der Waals surface area contributed by atoms with E-state index in [2.05, 4.69) is 31.5 Å². The highest BCUT2D eigenvalue weighted by Gasteiger charge is 2.31. The van der Waals surface area contributed by atoms with Gasteiger partial charge in [0.25, 0.3) is 5.91 Å². The predicted molar refractivity (Wildman–Crippen MR) is 125 cm³/mol. The van der Waals surface area contributed by atoms with Gasteiger partial charge in [0.05, 0.1) is 0 Å². The van der Waals surface area contributed by atoms with Crippen LogP contribution in [0.1, 0.15) is 15.9 Å². The molecule has 0 aliphatic carbocycles. The molecular formula is C20H33IN6O. The number of benzene rings is 1. The van der Waals surface area contributed by atoms with Crippen molar-refractivity contribution in [1.82, 2.24) is 25.3 Å². The zero-order valence-corrected chi connectivity index (χ0v) is 19.5. The molecule has 3 fully saturated rings. The molecular weight excluding hydrogens is 467 g/mol. The van der Waals surface area contributed by atoms with Gasteiger partial charge >= 0.3 is 0 Å². The van der Waals surface area contributed by atoms with E-state index in [9.17, 15) is 4.79 Å². The lowest BCUT2D eigenvalue weighted by Gasteiger charge is -2.47. The minimum atomic E-state index is 0. The van der Waals surface area contributed by atoms with Crippen LogP contribution in [-0.2, 0) is 6.42 Å². The molecule has 3 heterocycles. The summed E-state index contributed by atoms with van der Waals surface area (Å²) in [4.78, 5) is 23.2. The van der Waals surface area contributed by atoms with E-state index >= 15 is 0 Å². The molecule has 1 aromatic carbocycles. The van der Waals surface area contributed by atoms with Crippen LogP contribution in [0.2, 0.25) is 0 Å². The molecule has 3 aliphatic rings. The van der Waals surface area contributed by atoms with Gasteiger partial charge in [-0.1, -0.05) is 12.1 Å². The first kappa shape index (κ1) is 22.9. The summed E-state index contributed by atoms with van der Waals surface area (Å²) in [5.41, 5.74) is 1.88. The van der Waals surface area contributed by atoms with Crippen LogP contribution in [0, 0.1) is 0 Å². The van der Waals surface area contributed by atoms with Crippen LogP contribution in [-0.4, -0.2) is 99.6 Å². The summed E-state index contributed by atoms with van der Waals surface area (Å²) < 4.78 is 0. The van der Waals surface area contributed by atoms with Crippen LogP contribution in [0.3, 0.4) is 0 Å².